The van der Waals surface area contributed by atoms with E-state index < -0.39 is 5.97 Å². The molecule has 0 atom stereocenters. The van der Waals surface area contributed by atoms with Crippen LogP contribution in [0.3, 0.4) is 0 Å². The van der Waals surface area contributed by atoms with Gasteiger partial charge in [0.25, 0.3) is 0 Å². The Balaban J connectivity index is 2.09. The third-order valence-electron chi connectivity index (χ3n) is 3.65. The molecule has 3 aromatic rings. The van der Waals surface area contributed by atoms with Crippen LogP contribution < -0.4 is 0 Å². The number of carboxylic acid groups (broad SMARTS) is 1. The highest BCUT2D eigenvalue weighted by molar-refractivity contribution is 6.02. The van der Waals surface area contributed by atoms with Crippen molar-refractivity contribution in [1.82, 2.24) is 14.1 Å². The molecule has 2 heterocycles. The molecule has 0 aliphatic heterocycles. The van der Waals surface area contributed by atoms with Crippen molar-refractivity contribution in [2.45, 2.75) is 26.4 Å². The molecule has 1 aromatic carbocycles. The Morgan fingerprint density at radius 3 is 2.86 bits per heavy atom. The fourth-order valence-electron chi connectivity index (χ4n) is 2.66. The smallest absolute Gasteiger partial charge is 0.337 e. The maximum atomic E-state index is 11.4. The van der Waals surface area contributed by atoms with E-state index in [0.717, 1.165) is 16.6 Å². The van der Waals surface area contributed by atoms with Gasteiger partial charge in [0.1, 0.15) is 0 Å². The van der Waals surface area contributed by atoms with Gasteiger partial charge in [0, 0.05) is 23.8 Å². The summed E-state index contributed by atoms with van der Waals surface area (Å²) < 4.78 is 4.06. The topological polar surface area (TPSA) is 60.0 Å². The molecular formula is C16H17N3O2. The lowest BCUT2D eigenvalue weighted by atomic mass is 10.1. The predicted molar refractivity (Wildman–Crippen MR) is 80.6 cm³/mol. The zero-order valence-corrected chi connectivity index (χ0v) is 12.0. The monoisotopic (exact) mass is 283 g/mol. The number of fused-ring (bicyclic) bond motifs is 1. The summed E-state index contributed by atoms with van der Waals surface area (Å²) in [5.41, 5.74) is 2.14. The van der Waals surface area contributed by atoms with E-state index in [0.29, 0.717) is 18.2 Å². The number of hydrogen-bond acceptors (Lipinski definition) is 2. The number of para-hydroxylation sites is 1. The quantitative estimate of drug-likeness (QED) is 0.800. The fourth-order valence-corrected chi connectivity index (χ4v) is 2.66. The van der Waals surface area contributed by atoms with E-state index in [2.05, 4.69) is 23.4 Å². The number of carbonyl (C=O) groups is 1. The van der Waals surface area contributed by atoms with Crippen LogP contribution >= 0.6 is 0 Å². The van der Waals surface area contributed by atoms with Crippen LogP contribution in [0.1, 0.15) is 35.9 Å². The van der Waals surface area contributed by atoms with E-state index in [9.17, 15) is 9.90 Å². The van der Waals surface area contributed by atoms with Gasteiger partial charge in [-0.25, -0.2) is 9.78 Å². The van der Waals surface area contributed by atoms with Crippen LogP contribution in [-0.4, -0.2) is 25.2 Å². The highest BCUT2D eigenvalue weighted by atomic mass is 16.4. The van der Waals surface area contributed by atoms with E-state index in [4.69, 9.17) is 0 Å². The lowest BCUT2D eigenvalue weighted by Gasteiger charge is -2.13. The van der Waals surface area contributed by atoms with Crippen LogP contribution in [0.2, 0.25) is 0 Å². The van der Waals surface area contributed by atoms with Gasteiger partial charge in [-0.05, 0) is 26.0 Å². The van der Waals surface area contributed by atoms with Crippen LogP contribution in [0.4, 0.5) is 0 Å². The van der Waals surface area contributed by atoms with E-state index in [1.54, 1.807) is 12.1 Å². The van der Waals surface area contributed by atoms with Crippen molar-refractivity contribution < 1.29 is 9.90 Å². The maximum absolute atomic E-state index is 11.4. The van der Waals surface area contributed by atoms with Crippen molar-refractivity contribution in [2.24, 2.45) is 0 Å². The summed E-state index contributed by atoms with van der Waals surface area (Å²) in [7, 11) is 0. The number of nitrogens with zero attached hydrogens (tertiary/aromatic N) is 3. The molecule has 5 nitrogen and oxygen atoms in total. The van der Waals surface area contributed by atoms with Gasteiger partial charge in [0.2, 0.25) is 0 Å². The van der Waals surface area contributed by atoms with Crippen molar-refractivity contribution in [3.05, 3.63) is 54.2 Å². The summed E-state index contributed by atoms with van der Waals surface area (Å²) in [5, 5.41) is 10.3. The standard InChI is InChI=1S/C16H17N3O2/c1-11(2)19-10-17-8-13(19)9-18-7-6-12-4-3-5-14(15(12)18)16(20)21/h3-8,10-11H,9H2,1-2H3,(H,20,21). The highest BCUT2D eigenvalue weighted by Crippen LogP contribution is 2.22. The summed E-state index contributed by atoms with van der Waals surface area (Å²) in [5.74, 6) is -0.905. The summed E-state index contributed by atoms with van der Waals surface area (Å²) in [6.45, 7) is 4.80. The Morgan fingerprint density at radius 2 is 2.14 bits per heavy atom. The van der Waals surface area contributed by atoms with Crippen molar-refractivity contribution in [3.63, 3.8) is 0 Å². The van der Waals surface area contributed by atoms with Crippen LogP contribution in [-0.2, 0) is 6.54 Å². The van der Waals surface area contributed by atoms with Crippen molar-refractivity contribution in [3.8, 4) is 0 Å². The largest absolute Gasteiger partial charge is 0.478 e. The van der Waals surface area contributed by atoms with Gasteiger partial charge in [0.05, 0.1) is 29.6 Å². The highest BCUT2D eigenvalue weighted by Gasteiger charge is 2.14. The first-order valence-electron chi connectivity index (χ1n) is 6.90. The molecule has 0 aliphatic rings. The molecule has 0 aliphatic carbocycles. The summed E-state index contributed by atoms with van der Waals surface area (Å²) in [4.78, 5) is 15.6. The first kappa shape index (κ1) is 13.4. The number of imidazole rings is 1. The second kappa shape index (κ2) is 5.09. The molecule has 21 heavy (non-hydrogen) atoms. The summed E-state index contributed by atoms with van der Waals surface area (Å²) in [6, 6.07) is 7.61. The minimum atomic E-state index is -0.905. The lowest BCUT2D eigenvalue weighted by molar-refractivity contribution is 0.0698. The number of hydrogen-bond donors (Lipinski definition) is 1. The molecule has 1 N–H and O–H groups in total. The first-order chi connectivity index (χ1) is 10.1. The van der Waals surface area contributed by atoms with Crippen LogP contribution in [0.15, 0.2) is 43.0 Å². The molecule has 5 heteroatoms. The van der Waals surface area contributed by atoms with Gasteiger partial charge in [-0.2, -0.15) is 0 Å². The third-order valence-corrected chi connectivity index (χ3v) is 3.65. The number of benzene rings is 1. The Morgan fingerprint density at radius 1 is 1.33 bits per heavy atom. The maximum Gasteiger partial charge on any atom is 0.337 e. The number of aromatic carboxylic acids is 1. The predicted octanol–water partition coefficient (Wildman–Crippen LogP) is 3.17. The van der Waals surface area contributed by atoms with Gasteiger partial charge < -0.3 is 14.2 Å². The van der Waals surface area contributed by atoms with Crippen LogP contribution in [0, 0.1) is 0 Å². The Labute approximate surface area is 122 Å². The fraction of sp³-hybridized carbons (Fsp3) is 0.250. The molecule has 108 valence electrons. The summed E-state index contributed by atoms with van der Waals surface area (Å²) >= 11 is 0. The average molecular weight is 283 g/mol. The molecule has 0 amide bonds. The van der Waals surface area contributed by atoms with Gasteiger partial charge in [0.15, 0.2) is 0 Å². The Kier molecular flexibility index (Phi) is 3.25. The third kappa shape index (κ3) is 2.31. The first-order valence-corrected chi connectivity index (χ1v) is 6.90. The lowest BCUT2D eigenvalue weighted by Crippen LogP contribution is -2.09. The normalized spacial score (nSPS) is 11.4. The van der Waals surface area contributed by atoms with Crippen molar-refractivity contribution >= 4 is 16.9 Å². The number of aromatic nitrogens is 3. The van der Waals surface area contributed by atoms with E-state index in [-0.39, 0.29) is 0 Å². The average Bonchev–Trinajstić information content (AvgIpc) is 3.06. The molecule has 0 saturated carbocycles. The van der Waals surface area contributed by atoms with Gasteiger partial charge >= 0.3 is 5.97 Å². The zero-order valence-electron chi connectivity index (χ0n) is 12.0. The van der Waals surface area contributed by atoms with Gasteiger partial charge in [-0.1, -0.05) is 12.1 Å². The van der Waals surface area contributed by atoms with Gasteiger partial charge in [-0.15, -0.1) is 0 Å². The van der Waals surface area contributed by atoms with Crippen molar-refractivity contribution in [2.75, 3.05) is 0 Å². The molecule has 0 unspecified atom stereocenters. The Bertz CT molecular complexity index is 799. The molecule has 2 aromatic heterocycles. The molecule has 0 fully saturated rings. The molecule has 0 radical (unpaired) electrons. The van der Waals surface area contributed by atoms with Crippen LogP contribution in [0.25, 0.3) is 10.9 Å². The molecule has 3 rings (SSSR count). The van der Waals surface area contributed by atoms with Gasteiger partial charge in [-0.3, -0.25) is 0 Å². The summed E-state index contributed by atoms with van der Waals surface area (Å²) in [6.07, 6.45) is 5.56. The SMILES string of the molecule is CC(C)n1cncc1Cn1ccc2cccc(C(=O)O)c21. The molecular weight excluding hydrogens is 266 g/mol. The minimum absolute atomic E-state index is 0.322. The minimum Gasteiger partial charge on any atom is -0.478 e. The second-order valence-corrected chi connectivity index (χ2v) is 5.38. The Hall–Kier alpha value is -2.56. The molecule has 0 spiro atoms. The molecule has 0 saturated heterocycles. The van der Waals surface area contributed by atoms with E-state index in [1.165, 1.54) is 0 Å². The van der Waals surface area contributed by atoms with Crippen molar-refractivity contribution in [1.29, 1.82) is 0 Å². The zero-order chi connectivity index (χ0) is 15.0. The van der Waals surface area contributed by atoms with E-state index >= 15 is 0 Å². The number of carboxylic acids is 1. The van der Waals surface area contributed by atoms with E-state index in [1.807, 2.05) is 35.4 Å². The second-order valence-electron chi connectivity index (χ2n) is 5.38. The molecule has 0 bridgehead atoms. The number of rotatable bonds is 4. The van der Waals surface area contributed by atoms with Crippen LogP contribution in [0.5, 0.6) is 0 Å².